The minimum atomic E-state index is -4.68. The van der Waals surface area contributed by atoms with Gasteiger partial charge in [-0.25, -0.2) is 22.2 Å². The van der Waals surface area contributed by atoms with Crippen molar-refractivity contribution in [2.24, 2.45) is 0 Å². The van der Waals surface area contributed by atoms with Crippen molar-refractivity contribution >= 4 is 10.0 Å². The van der Waals surface area contributed by atoms with Gasteiger partial charge in [0, 0.05) is 18.8 Å². The molecule has 2 heterocycles. The van der Waals surface area contributed by atoms with Crippen molar-refractivity contribution in [3.63, 3.8) is 0 Å². The molecule has 0 saturated carbocycles. The quantitative estimate of drug-likeness (QED) is 0.707. The van der Waals surface area contributed by atoms with Crippen molar-refractivity contribution in [1.29, 1.82) is 0 Å². The average Bonchev–Trinajstić information content (AvgIpc) is 2.60. The summed E-state index contributed by atoms with van der Waals surface area (Å²) in [7, 11) is -4.21. The van der Waals surface area contributed by atoms with Crippen LogP contribution < -0.4 is 4.74 Å². The third-order valence-electron chi connectivity index (χ3n) is 4.01. The summed E-state index contributed by atoms with van der Waals surface area (Å²) < 4.78 is 96.5. The number of aromatic nitrogens is 2. The van der Waals surface area contributed by atoms with E-state index >= 15 is 0 Å². The van der Waals surface area contributed by atoms with Crippen molar-refractivity contribution in [3.05, 3.63) is 47.8 Å². The van der Waals surface area contributed by atoms with Crippen LogP contribution in [-0.4, -0.2) is 41.9 Å². The highest BCUT2D eigenvalue weighted by Gasteiger charge is 2.35. The molecule has 6 nitrogen and oxygen atoms in total. The first kappa shape index (κ1) is 20.4. The second-order valence-electron chi connectivity index (χ2n) is 6.07. The first-order chi connectivity index (χ1) is 13.1. The van der Waals surface area contributed by atoms with Gasteiger partial charge in [-0.2, -0.15) is 22.5 Å². The maximum Gasteiger partial charge on any atom is 0.433 e. The number of sulfonamides is 1. The number of nitrogens with zero attached hydrogens (tertiary/aromatic N) is 3. The average molecular weight is 423 g/mol. The van der Waals surface area contributed by atoms with E-state index in [-0.39, 0.29) is 13.1 Å². The third-order valence-corrected chi connectivity index (χ3v) is 5.85. The number of halogens is 5. The van der Waals surface area contributed by atoms with Crippen LogP contribution in [0.25, 0.3) is 0 Å². The molecule has 0 radical (unpaired) electrons. The van der Waals surface area contributed by atoms with E-state index < -0.39 is 50.5 Å². The van der Waals surface area contributed by atoms with Gasteiger partial charge in [-0.05, 0) is 31.0 Å². The lowest BCUT2D eigenvalue weighted by atomic mass is 10.1. The van der Waals surface area contributed by atoms with E-state index in [4.69, 9.17) is 4.74 Å². The number of hydrogen-bond acceptors (Lipinski definition) is 5. The lowest BCUT2D eigenvalue weighted by molar-refractivity contribution is -0.141. The maximum absolute atomic E-state index is 13.4. The molecule has 0 amide bonds. The van der Waals surface area contributed by atoms with Crippen LogP contribution >= 0.6 is 0 Å². The van der Waals surface area contributed by atoms with Gasteiger partial charge in [-0.15, -0.1) is 0 Å². The van der Waals surface area contributed by atoms with E-state index in [1.165, 1.54) is 0 Å². The zero-order valence-corrected chi connectivity index (χ0v) is 15.0. The number of alkyl halides is 3. The molecule has 152 valence electrons. The van der Waals surface area contributed by atoms with Gasteiger partial charge in [-0.3, -0.25) is 0 Å². The fourth-order valence-electron chi connectivity index (χ4n) is 2.75. The van der Waals surface area contributed by atoms with E-state index in [1.807, 2.05) is 0 Å². The van der Waals surface area contributed by atoms with Crippen LogP contribution in [0.4, 0.5) is 22.0 Å². The first-order valence-corrected chi connectivity index (χ1v) is 9.53. The Hall–Kier alpha value is -2.34. The Bertz CT molecular complexity index is 948. The predicted molar refractivity (Wildman–Crippen MR) is 85.8 cm³/mol. The highest BCUT2D eigenvalue weighted by Crippen LogP contribution is 2.29. The molecule has 3 rings (SSSR count). The first-order valence-electron chi connectivity index (χ1n) is 8.09. The Morgan fingerprint density at radius 1 is 1.14 bits per heavy atom. The fraction of sp³-hybridized carbons (Fsp3) is 0.375. The second-order valence-corrected chi connectivity index (χ2v) is 8.01. The molecule has 1 aliphatic rings. The maximum atomic E-state index is 13.4. The van der Waals surface area contributed by atoms with Gasteiger partial charge in [0.25, 0.3) is 0 Å². The topological polar surface area (TPSA) is 72.4 Å². The molecule has 12 heteroatoms. The Kier molecular flexibility index (Phi) is 5.53. The molecule has 0 bridgehead atoms. The summed E-state index contributed by atoms with van der Waals surface area (Å²) in [5.41, 5.74) is -1.19. The highest BCUT2D eigenvalue weighted by atomic mass is 32.2. The molecule has 1 unspecified atom stereocenters. The molecular weight excluding hydrogens is 409 g/mol. The Balaban J connectivity index is 1.77. The van der Waals surface area contributed by atoms with Gasteiger partial charge in [-0.1, -0.05) is 0 Å². The number of piperidine rings is 1. The SMILES string of the molecule is O=S(=O)(c1cc(F)cc(F)c1)N1CCCC(Oc2nccc(C(F)(F)F)n2)C1. The summed E-state index contributed by atoms with van der Waals surface area (Å²) in [5.74, 6) is -2.08. The molecule has 0 N–H and O–H groups in total. The molecule has 1 atom stereocenters. The van der Waals surface area contributed by atoms with Gasteiger partial charge in [0.1, 0.15) is 17.7 Å². The van der Waals surface area contributed by atoms with Gasteiger partial charge in [0.2, 0.25) is 10.0 Å². The summed E-state index contributed by atoms with van der Waals surface area (Å²) >= 11 is 0. The van der Waals surface area contributed by atoms with E-state index in [0.29, 0.717) is 37.1 Å². The van der Waals surface area contributed by atoms with E-state index in [1.54, 1.807) is 0 Å². The van der Waals surface area contributed by atoms with Crippen molar-refractivity contribution in [2.45, 2.75) is 30.0 Å². The van der Waals surface area contributed by atoms with Gasteiger partial charge in [0.05, 0.1) is 11.4 Å². The molecular formula is C16H14F5N3O3S. The summed E-state index contributed by atoms with van der Waals surface area (Å²) in [4.78, 5) is 6.34. The zero-order chi connectivity index (χ0) is 20.5. The van der Waals surface area contributed by atoms with Crippen LogP contribution in [0.5, 0.6) is 6.01 Å². The van der Waals surface area contributed by atoms with Crippen molar-refractivity contribution in [2.75, 3.05) is 13.1 Å². The highest BCUT2D eigenvalue weighted by molar-refractivity contribution is 7.89. The minimum Gasteiger partial charge on any atom is -0.459 e. The molecule has 28 heavy (non-hydrogen) atoms. The van der Waals surface area contributed by atoms with Gasteiger partial charge in [0.15, 0.2) is 5.69 Å². The third kappa shape index (κ3) is 4.55. The van der Waals surface area contributed by atoms with Crippen LogP contribution in [-0.2, 0) is 16.2 Å². The standard InChI is InChI=1S/C16H14F5N3O3S/c17-10-6-11(18)8-13(7-10)28(25,26)24-5-1-2-12(9-24)27-15-22-4-3-14(23-15)16(19,20)21/h3-4,6-8,12H,1-2,5,9H2. The molecule has 1 aromatic heterocycles. The molecule has 1 aliphatic heterocycles. The van der Waals surface area contributed by atoms with E-state index in [0.717, 1.165) is 10.5 Å². The van der Waals surface area contributed by atoms with Crippen LogP contribution in [0.2, 0.25) is 0 Å². The normalized spacial score (nSPS) is 18.8. The molecule has 0 aliphatic carbocycles. The largest absolute Gasteiger partial charge is 0.459 e. The number of ether oxygens (including phenoxy) is 1. The molecule has 1 aromatic carbocycles. The Morgan fingerprint density at radius 2 is 1.82 bits per heavy atom. The lowest BCUT2D eigenvalue weighted by Crippen LogP contribution is -2.44. The summed E-state index contributed by atoms with van der Waals surface area (Å²) in [6, 6.07) is 2.09. The predicted octanol–water partition coefficient (Wildman–Crippen LogP) is 3.01. The van der Waals surface area contributed by atoms with Crippen LogP contribution in [0.15, 0.2) is 35.4 Å². The van der Waals surface area contributed by atoms with Crippen molar-refractivity contribution in [3.8, 4) is 6.01 Å². The van der Waals surface area contributed by atoms with Crippen LogP contribution in [0.3, 0.4) is 0 Å². The van der Waals surface area contributed by atoms with E-state index in [2.05, 4.69) is 9.97 Å². The van der Waals surface area contributed by atoms with Crippen LogP contribution in [0.1, 0.15) is 18.5 Å². The minimum absolute atomic E-state index is 0.0732. The van der Waals surface area contributed by atoms with Crippen molar-refractivity contribution in [1.82, 2.24) is 14.3 Å². The summed E-state index contributed by atoms with van der Waals surface area (Å²) in [6.07, 6.45) is -3.92. The van der Waals surface area contributed by atoms with E-state index in [9.17, 15) is 30.4 Å². The smallest absolute Gasteiger partial charge is 0.433 e. The molecule has 1 saturated heterocycles. The number of hydrogen-bond donors (Lipinski definition) is 0. The van der Waals surface area contributed by atoms with Crippen molar-refractivity contribution < 1.29 is 35.1 Å². The monoisotopic (exact) mass is 423 g/mol. The second kappa shape index (κ2) is 7.59. The lowest BCUT2D eigenvalue weighted by Gasteiger charge is -2.31. The summed E-state index contributed by atoms with van der Waals surface area (Å²) in [6.45, 7) is -0.149. The number of benzene rings is 1. The molecule has 1 fully saturated rings. The Labute approximate surface area is 157 Å². The van der Waals surface area contributed by atoms with Gasteiger partial charge < -0.3 is 4.74 Å². The Morgan fingerprint density at radius 3 is 2.46 bits per heavy atom. The fourth-order valence-corrected chi connectivity index (χ4v) is 4.30. The zero-order valence-electron chi connectivity index (χ0n) is 14.2. The molecule has 2 aromatic rings. The summed E-state index contributed by atoms with van der Waals surface area (Å²) in [5, 5.41) is 0. The molecule has 0 spiro atoms. The van der Waals surface area contributed by atoms with Gasteiger partial charge >= 0.3 is 12.2 Å². The van der Waals surface area contributed by atoms with Crippen LogP contribution in [0, 0.1) is 11.6 Å². The number of rotatable bonds is 4.